The van der Waals surface area contributed by atoms with E-state index in [9.17, 15) is 0 Å². The summed E-state index contributed by atoms with van der Waals surface area (Å²) in [4.78, 5) is 0. The molecule has 0 radical (unpaired) electrons. The fraction of sp³-hybridized carbons (Fsp3) is 0. The van der Waals surface area contributed by atoms with Crippen LogP contribution in [0, 0.1) is 3.57 Å². The summed E-state index contributed by atoms with van der Waals surface area (Å²) >= 11 is 9.57. The zero-order valence-corrected chi connectivity index (χ0v) is 15.2. The van der Waals surface area contributed by atoms with Gasteiger partial charge in [0.1, 0.15) is 0 Å². The van der Waals surface area contributed by atoms with E-state index in [0.717, 1.165) is 8.95 Å². The first kappa shape index (κ1) is 13.6. The van der Waals surface area contributed by atoms with Crippen molar-refractivity contribution in [3.8, 4) is 11.1 Å². The molecule has 0 aliphatic carbocycles. The van der Waals surface area contributed by atoms with Crippen LogP contribution < -0.4 is 0 Å². The maximum Gasteiger partial charge on any atom is 0.0254 e. The molecule has 0 unspecified atom stereocenters. The van der Waals surface area contributed by atoms with Crippen molar-refractivity contribution in [3.63, 3.8) is 0 Å². The number of hydrogen-bond acceptors (Lipinski definition) is 0. The minimum absolute atomic E-state index is 1.11. The molecule has 0 spiro atoms. The Labute approximate surface area is 142 Å². The molecule has 0 fully saturated rings. The van der Waals surface area contributed by atoms with E-state index in [4.69, 9.17) is 0 Å². The van der Waals surface area contributed by atoms with Gasteiger partial charge in [0.2, 0.25) is 0 Å². The predicted octanol–water partition coefficient (Wildman–Crippen LogP) is 6.64. The molecule has 19 heavy (non-hydrogen) atoms. The Bertz CT molecular complexity index is 766. The third-order valence-electron chi connectivity index (χ3n) is 3.05. The van der Waals surface area contributed by atoms with E-state index in [1.165, 1.54) is 25.5 Å². The molecule has 0 aromatic heterocycles. The number of hydrogen-bond donors (Lipinski definition) is 0. The van der Waals surface area contributed by atoms with Gasteiger partial charge in [-0.15, -0.1) is 0 Å². The molecule has 0 aliphatic rings. The second-order valence-electron chi connectivity index (χ2n) is 4.30. The van der Waals surface area contributed by atoms with E-state index in [2.05, 4.69) is 103 Å². The normalized spacial score (nSPS) is 10.9. The second-order valence-corrected chi connectivity index (χ2v) is 7.24. The molecule has 0 heterocycles. The second kappa shape index (κ2) is 5.54. The van der Waals surface area contributed by atoms with Gasteiger partial charge in [-0.2, -0.15) is 0 Å². The van der Waals surface area contributed by atoms with E-state index >= 15 is 0 Å². The minimum atomic E-state index is 1.11. The third kappa shape index (κ3) is 2.73. The van der Waals surface area contributed by atoms with Gasteiger partial charge in [0.25, 0.3) is 0 Å². The summed E-state index contributed by atoms with van der Waals surface area (Å²) < 4.78 is 3.50. The van der Waals surface area contributed by atoms with Crippen molar-refractivity contribution in [3.05, 3.63) is 67.1 Å². The summed E-state index contributed by atoms with van der Waals surface area (Å²) in [7, 11) is 0. The van der Waals surface area contributed by atoms with Gasteiger partial charge in [-0.25, -0.2) is 0 Å². The highest BCUT2D eigenvalue weighted by atomic mass is 127. The fourth-order valence-corrected chi connectivity index (χ4v) is 3.79. The molecule has 0 saturated carbocycles. The Morgan fingerprint density at radius 3 is 2.32 bits per heavy atom. The van der Waals surface area contributed by atoms with E-state index in [0.29, 0.717) is 0 Å². The third-order valence-corrected chi connectivity index (χ3v) is 5.13. The molecular formula is C16H9Br2I. The van der Waals surface area contributed by atoms with E-state index in [1.807, 2.05) is 6.07 Å². The Kier molecular flexibility index (Phi) is 3.96. The van der Waals surface area contributed by atoms with Crippen LogP contribution in [0.15, 0.2) is 63.5 Å². The number of rotatable bonds is 1. The van der Waals surface area contributed by atoms with Gasteiger partial charge in [0, 0.05) is 12.5 Å². The summed E-state index contributed by atoms with van der Waals surface area (Å²) in [6.07, 6.45) is 0. The lowest BCUT2D eigenvalue weighted by Gasteiger charge is -2.09. The number of halogens is 3. The Morgan fingerprint density at radius 1 is 0.737 bits per heavy atom. The zero-order chi connectivity index (χ0) is 13.4. The summed E-state index contributed by atoms with van der Waals surface area (Å²) in [6.45, 7) is 0. The summed E-state index contributed by atoms with van der Waals surface area (Å²) in [5.74, 6) is 0. The van der Waals surface area contributed by atoms with E-state index < -0.39 is 0 Å². The molecule has 0 N–H and O–H groups in total. The maximum atomic E-state index is 3.63. The van der Waals surface area contributed by atoms with Gasteiger partial charge in [-0.05, 0) is 74.8 Å². The van der Waals surface area contributed by atoms with Gasteiger partial charge < -0.3 is 0 Å². The fourth-order valence-electron chi connectivity index (χ4n) is 2.13. The monoisotopic (exact) mass is 486 g/mol. The van der Waals surface area contributed by atoms with Crippen LogP contribution in [0.25, 0.3) is 21.9 Å². The van der Waals surface area contributed by atoms with Crippen molar-refractivity contribution >= 4 is 65.2 Å². The molecule has 0 atom stereocenters. The molecule has 0 nitrogen and oxygen atoms in total. The van der Waals surface area contributed by atoms with Crippen LogP contribution in [-0.2, 0) is 0 Å². The van der Waals surface area contributed by atoms with Crippen LogP contribution in [0.2, 0.25) is 0 Å². The maximum absolute atomic E-state index is 3.63. The zero-order valence-electron chi connectivity index (χ0n) is 9.83. The largest absolute Gasteiger partial charge is 0.0616 e. The summed E-state index contributed by atoms with van der Waals surface area (Å²) in [6, 6.07) is 19.2. The predicted molar refractivity (Wildman–Crippen MR) is 97.5 cm³/mol. The van der Waals surface area contributed by atoms with E-state index in [1.54, 1.807) is 0 Å². The molecule has 94 valence electrons. The van der Waals surface area contributed by atoms with Gasteiger partial charge in [0.05, 0.1) is 0 Å². The first-order valence-corrected chi connectivity index (χ1v) is 8.45. The first-order chi connectivity index (χ1) is 9.15. The van der Waals surface area contributed by atoms with Gasteiger partial charge in [-0.1, -0.05) is 56.1 Å². The van der Waals surface area contributed by atoms with Crippen molar-refractivity contribution < 1.29 is 0 Å². The average molecular weight is 488 g/mol. The van der Waals surface area contributed by atoms with Gasteiger partial charge in [0.15, 0.2) is 0 Å². The minimum Gasteiger partial charge on any atom is -0.0616 e. The molecule has 0 amide bonds. The molecule has 0 bridgehead atoms. The lowest BCUT2D eigenvalue weighted by Crippen LogP contribution is -1.86. The molecule has 0 saturated heterocycles. The quantitative estimate of drug-likeness (QED) is 0.338. The summed E-state index contributed by atoms with van der Waals surface area (Å²) in [5, 5.41) is 2.52. The Balaban J connectivity index is 2.30. The molecule has 0 aliphatic heterocycles. The summed E-state index contributed by atoms with van der Waals surface area (Å²) in [5.41, 5.74) is 2.49. The molecule has 3 heteroatoms. The molecule has 3 aromatic rings. The lowest BCUT2D eigenvalue weighted by molar-refractivity contribution is 1.57. The smallest absolute Gasteiger partial charge is 0.0254 e. The van der Waals surface area contributed by atoms with Gasteiger partial charge >= 0.3 is 0 Å². The van der Waals surface area contributed by atoms with Crippen LogP contribution in [0.4, 0.5) is 0 Å². The van der Waals surface area contributed by atoms with Gasteiger partial charge in [-0.3, -0.25) is 0 Å². The Morgan fingerprint density at radius 2 is 1.53 bits per heavy atom. The van der Waals surface area contributed by atoms with Crippen LogP contribution in [-0.4, -0.2) is 0 Å². The molecule has 3 aromatic carbocycles. The van der Waals surface area contributed by atoms with Crippen LogP contribution in [0.1, 0.15) is 0 Å². The highest BCUT2D eigenvalue weighted by molar-refractivity contribution is 14.1. The van der Waals surface area contributed by atoms with Crippen molar-refractivity contribution in [2.24, 2.45) is 0 Å². The highest BCUT2D eigenvalue weighted by Gasteiger charge is 2.08. The highest BCUT2D eigenvalue weighted by Crippen LogP contribution is 2.34. The van der Waals surface area contributed by atoms with Crippen molar-refractivity contribution in [1.29, 1.82) is 0 Å². The molecule has 3 rings (SSSR count). The molecular weight excluding hydrogens is 479 g/mol. The van der Waals surface area contributed by atoms with E-state index in [-0.39, 0.29) is 0 Å². The standard InChI is InChI=1S/C16H9Br2I/c17-12-6-5-10-9-16(19)14(8-11(10)7-12)13-3-1-2-4-15(13)18/h1-9H. The Hall–Kier alpha value is -0.390. The topological polar surface area (TPSA) is 0 Å². The van der Waals surface area contributed by atoms with Crippen molar-refractivity contribution in [2.45, 2.75) is 0 Å². The van der Waals surface area contributed by atoms with Crippen molar-refractivity contribution in [1.82, 2.24) is 0 Å². The lowest BCUT2D eigenvalue weighted by atomic mass is 10.0. The van der Waals surface area contributed by atoms with Crippen LogP contribution >= 0.6 is 54.5 Å². The van der Waals surface area contributed by atoms with Crippen LogP contribution in [0.5, 0.6) is 0 Å². The first-order valence-electron chi connectivity index (χ1n) is 5.79. The average Bonchev–Trinajstić information content (AvgIpc) is 2.39. The SMILES string of the molecule is Brc1ccc2cc(I)c(-c3ccccc3Br)cc2c1. The number of benzene rings is 3. The van der Waals surface area contributed by atoms with Crippen molar-refractivity contribution in [2.75, 3.05) is 0 Å². The van der Waals surface area contributed by atoms with Crippen LogP contribution in [0.3, 0.4) is 0 Å². The number of fused-ring (bicyclic) bond motifs is 1.